The highest BCUT2D eigenvalue weighted by Crippen LogP contribution is 2.37. The van der Waals surface area contributed by atoms with Gasteiger partial charge < -0.3 is 10.0 Å². The van der Waals surface area contributed by atoms with Crippen LogP contribution >= 0.6 is 11.6 Å². The second-order valence-corrected chi connectivity index (χ2v) is 7.83. The van der Waals surface area contributed by atoms with Crippen LogP contribution in [0.25, 0.3) is 0 Å². The number of carbonyl (C=O) groups is 3. The maximum atomic E-state index is 14.2. The molecule has 1 saturated heterocycles. The van der Waals surface area contributed by atoms with Gasteiger partial charge in [-0.1, -0.05) is 29.8 Å². The first-order chi connectivity index (χ1) is 15.3. The Morgan fingerprint density at radius 3 is 2.62 bits per heavy atom. The summed E-state index contributed by atoms with van der Waals surface area (Å²) in [5.41, 5.74) is 0.807. The lowest BCUT2D eigenvalue weighted by molar-refractivity contribution is -0.148. The van der Waals surface area contributed by atoms with Crippen LogP contribution in [0.2, 0.25) is 5.02 Å². The van der Waals surface area contributed by atoms with Gasteiger partial charge in [0.15, 0.2) is 0 Å². The molecule has 1 N–H and O–H groups in total. The van der Waals surface area contributed by atoms with Crippen LogP contribution < -0.4 is 0 Å². The molecule has 0 saturated carbocycles. The van der Waals surface area contributed by atoms with Crippen molar-refractivity contribution in [1.82, 2.24) is 14.7 Å². The van der Waals surface area contributed by atoms with Gasteiger partial charge in [-0.3, -0.25) is 19.4 Å². The minimum atomic E-state index is -1.28. The molecule has 2 aromatic rings. The first kappa shape index (κ1) is 21.8. The van der Waals surface area contributed by atoms with E-state index >= 15 is 0 Å². The summed E-state index contributed by atoms with van der Waals surface area (Å²) in [6.45, 7) is 0.0397. The summed E-state index contributed by atoms with van der Waals surface area (Å²) in [4.78, 5) is 41.2. The van der Waals surface area contributed by atoms with Crippen molar-refractivity contribution in [2.75, 3.05) is 13.1 Å². The number of benzene rings is 2. The number of rotatable bonds is 4. The van der Waals surface area contributed by atoms with Crippen LogP contribution in [0, 0.1) is 11.6 Å². The van der Waals surface area contributed by atoms with Gasteiger partial charge >= 0.3 is 6.09 Å². The minimum absolute atomic E-state index is 0.00736. The van der Waals surface area contributed by atoms with Gasteiger partial charge in [0.05, 0.1) is 5.02 Å². The van der Waals surface area contributed by atoms with Crippen molar-refractivity contribution in [2.24, 2.45) is 0 Å². The fourth-order valence-corrected chi connectivity index (χ4v) is 3.98. The van der Waals surface area contributed by atoms with Gasteiger partial charge in [0, 0.05) is 25.7 Å². The Morgan fingerprint density at radius 1 is 1.16 bits per heavy atom. The molecule has 2 aromatic carbocycles. The predicted octanol–water partition coefficient (Wildman–Crippen LogP) is 3.76. The van der Waals surface area contributed by atoms with Gasteiger partial charge in [-0.25, -0.2) is 13.6 Å². The van der Waals surface area contributed by atoms with Crippen LogP contribution in [0.15, 0.2) is 54.5 Å². The standard InChI is InChI=1S/C22H18ClF2N3O4/c23-16-5-4-14(11-17(16)25)20-21(30)26(8-6-13-2-1-3-15(24)10-13)12-18-27(22(31)32)9-7-19(29)28(18)20/h1-5,10-12,20H,6-9H2,(H,31,32)/t20-/m0/s1. The molecule has 0 radical (unpaired) electrons. The third-order valence-electron chi connectivity index (χ3n) is 5.41. The molecule has 2 aliphatic heterocycles. The second-order valence-electron chi connectivity index (χ2n) is 7.42. The molecule has 1 fully saturated rings. The van der Waals surface area contributed by atoms with Gasteiger partial charge in [0.25, 0.3) is 5.91 Å². The predicted molar refractivity (Wildman–Crippen MR) is 110 cm³/mol. The minimum Gasteiger partial charge on any atom is -0.465 e. The molecule has 0 spiro atoms. The SMILES string of the molecule is O=C1[C@H](c2ccc(Cl)c(F)c2)N2C(=O)CCN(C(=O)O)C2=CN1CCc1cccc(F)c1. The van der Waals surface area contributed by atoms with Gasteiger partial charge in [0.2, 0.25) is 5.91 Å². The molecule has 0 unspecified atom stereocenters. The summed E-state index contributed by atoms with van der Waals surface area (Å²) in [7, 11) is 0. The molecule has 10 heteroatoms. The van der Waals surface area contributed by atoms with E-state index in [1.807, 2.05) is 0 Å². The first-order valence-corrected chi connectivity index (χ1v) is 10.2. The number of hydrogen-bond donors (Lipinski definition) is 1. The molecule has 3 amide bonds. The van der Waals surface area contributed by atoms with Gasteiger partial charge in [-0.2, -0.15) is 0 Å². The number of nitrogens with zero attached hydrogens (tertiary/aromatic N) is 3. The third kappa shape index (κ3) is 4.03. The zero-order valence-corrected chi connectivity index (χ0v) is 17.4. The Balaban J connectivity index is 1.74. The fourth-order valence-electron chi connectivity index (χ4n) is 3.86. The van der Waals surface area contributed by atoms with Crippen LogP contribution in [-0.2, 0) is 16.0 Å². The Bertz CT molecular complexity index is 1140. The zero-order valence-electron chi connectivity index (χ0n) is 16.7. The lowest BCUT2D eigenvalue weighted by atomic mass is 9.99. The number of halogens is 3. The summed E-state index contributed by atoms with van der Waals surface area (Å²) in [5.74, 6) is -2.16. The molecule has 1 atom stereocenters. The number of carboxylic acid groups (broad SMARTS) is 1. The maximum Gasteiger partial charge on any atom is 0.413 e. The van der Waals surface area contributed by atoms with Crippen molar-refractivity contribution < 1.29 is 28.3 Å². The largest absolute Gasteiger partial charge is 0.465 e. The molecule has 0 aromatic heterocycles. The van der Waals surface area contributed by atoms with Crippen molar-refractivity contribution in [2.45, 2.75) is 18.9 Å². The highest BCUT2D eigenvalue weighted by atomic mass is 35.5. The van der Waals surface area contributed by atoms with Crippen molar-refractivity contribution in [3.8, 4) is 0 Å². The van der Waals surface area contributed by atoms with E-state index in [2.05, 4.69) is 0 Å². The van der Waals surface area contributed by atoms with E-state index in [1.54, 1.807) is 12.1 Å². The molecule has 2 aliphatic rings. The average molecular weight is 462 g/mol. The number of amides is 3. The zero-order chi connectivity index (χ0) is 23.0. The Kier molecular flexibility index (Phi) is 5.84. The average Bonchev–Trinajstić information content (AvgIpc) is 2.75. The quantitative estimate of drug-likeness (QED) is 0.751. The van der Waals surface area contributed by atoms with Crippen LogP contribution in [0.5, 0.6) is 0 Å². The monoisotopic (exact) mass is 461 g/mol. The van der Waals surface area contributed by atoms with E-state index in [9.17, 15) is 28.3 Å². The van der Waals surface area contributed by atoms with Gasteiger partial charge in [-0.15, -0.1) is 0 Å². The number of hydrogen-bond acceptors (Lipinski definition) is 3. The summed E-state index contributed by atoms with van der Waals surface area (Å²) in [6.07, 6.45) is 0.187. The number of fused-ring (bicyclic) bond motifs is 1. The first-order valence-electron chi connectivity index (χ1n) is 9.80. The Labute approximate surface area is 187 Å². The van der Waals surface area contributed by atoms with E-state index in [1.165, 1.54) is 35.4 Å². The van der Waals surface area contributed by atoms with E-state index in [-0.39, 0.29) is 42.3 Å². The van der Waals surface area contributed by atoms with Crippen molar-refractivity contribution in [1.29, 1.82) is 0 Å². The lowest BCUT2D eigenvalue weighted by Gasteiger charge is -2.45. The smallest absolute Gasteiger partial charge is 0.413 e. The van der Waals surface area contributed by atoms with E-state index < -0.39 is 35.6 Å². The molecular formula is C22H18ClF2N3O4. The van der Waals surface area contributed by atoms with Crippen molar-refractivity contribution in [3.05, 3.63) is 82.3 Å². The van der Waals surface area contributed by atoms with Crippen LogP contribution in [0.1, 0.15) is 23.6 Å². The molecule has 0 aliphatic carbocycles. The molecule has 7 nitrogen and oxygen atoms in total. The van der Waals surface area contributed by atoms with Gasteiger partial charge in [-0.05, 0) is 41.8 Å². The van der Waals surface area contributed by atoms with Crippen molar-refractivity contribution >= 4 is 29.5 Å². The van der Waals surface area contributed by atoms with E-state index in [0.717, 1.165) is 15.9 Å². The van der Waals surface area contributed by atoms with Crippen LogP contribution in [-0.4, -0.2) is 50.8 Å². The molecule has 0 bridgehead atoms. The van der Waals surface area contributed by atoms with Crippen molar-refractivity contribution in [3.63, 3.8) is 0 Å². The summed E-state index contributed by atoms with van der Waals surface area (Å²) in [6, 6.07) is 8.40. The molecule has 2 heterocycles. The van der Waals surface area contributed by atoms with E-state index in [0.29, 0.717) is 5.56 Å². The van der Waals surface area contributed by atoms with E-state index in [4.69, 9.17) is 11.6 Å². The third-order valence-corrected chi connectivity index (χ3v) is 5.72. The lowest BCUT2D eigenvalue weighted by Crippen LogP contribution is -2.56. The normalized spacial score (nSPS) is 18.5. The molecule has 4 rings (SSSR count). The summed E-state index contributed by atoms with van der Waals surface area (Å²) >= 11 is 5.77. The Morgan fingerprint density at radius 2 is 1.94 bits per heavy atom. The molecule has 32 heavy (non-hydrogen) atoms. The topological polar surface area (TPSA) is 81.2 Å². The van der Waals surface area contributed by atoms with Crippen LogP contribution in [0.3, 0.4) is 0 Å². The molecule has 166 valence electrons. The fraction of sp³-hybridized carbons (Fsp3) is 0.227. The number of carbonyl (C=O) groups excluding carboxylic acids is 2. The molecular weight excluding hydrogens is 444 g/mol. The second kappa shape index (κ2) is 8.58. The summed E-state index contributed by atoms with van der Waals surface area (Å²) < 4.78 is 27.7. The highest BCUT2D eigenvalue weighted by molar-refractivity contribution is 6.30. The highest BCUT2D eigenvalue weighted by Gasteiger charge is 2.45. The van der Waals surface area contributed by atoms with Gasteiger partial charge in [0.1, 0.15) is 23.5 Å². The van der Waals surface area contributed by atoms with Crippen LogP contribution in [0.4, 0.5) is 13.6 Å². The maximum absolute atomic E-state index is 14.2. The summed E-state index contributed by atoms with van der Waals surface area (Å²) in [5, 5.41) is 9.47. The Hall–Kier alpha value is -3.46.